The zero-order valence-electron chi connectivity index (χ0n) is 9.97. The number of aliphatic carboxylic acids is 1. The predicted octanol–water partition coefficient (Wildman–Crippen LogP) is -0.180. The molecule has 0 heterocycles. The molecule has 0 bridgehead atoms. The molecular weight excluding hydrogens is 228 g/mol. The first-order chi connectivity index (χ1) is 7.84. The molecule has 0 spiro atoms. The van der Waals surface area contributed by atoms with E-state index in [1.165, 1.54) is 21.0 Å². The molecule has 0 fully saturated rings. The highest BCUT2D eigenvalue weighted by Crippen LogP contribution is 2.18. The fourth-order valence-corrected chi connectivity index (χ4v) is 1.25. The third kappa shape index (κ3) is 4.48. The maximum absolute atomic E-state index is 11.1. The van der Waals surface area contributed by atoms with Crippen LogP contribution in [0.15, 0.2) is 5.57 Å². The summed E-state index contributed by atoms with van der Waals surface area (Å²) < 4.78 is 4.79. The second kappa shape index (κ2) is 6.96. The highest BCUT2D eigenvalue weighted by molar-refractivity contribution is 5.83. The van der Waals surface area contributed by atoms with E-state index >= 15 is 0 Å². The lowest BCUT2D eigenvalue weighted by Gasteiger charge is -2.20. The number of ketones is 1. The molecule has 0 saturated heterocycles. The number of carbonyl (C=O) groups excluding carboxylic acids is 2. The minimum atomic E-state index is -1.75. The van der Waals surface area contributed by atoms with Crippen molar-refractivity contribution in [3.8, 4) is 0 Å². The normalized spacial score (nSPS) is 15.5. The molecule has 96 valence electrons. The van der Waals surface area contributed by atoms with Gasteiger partial charge in [-0.3, -0.25) is 4.79 Å². The minimum Gasteiger partial charge on any atom is -0.479 e. The van der Waals surface area contributed by atoms with Crippen LogP contribution in [0.5, 0.6) is 0 Å². The van der Waals surface area contributed by atoms with Crippen LogP contribution in [-0.2, 0) is 19.1 Å². The van der Waals surface area contributed by atoms with Gasteiger partial charge in [0.25, 0.3) is 0 Å². The molecule has 6 heteroatoms. The van der Waals surface area contributed by atoms with Crippen molar-refractivity contribution >= 4 is 17.7 Å². The van der Waals surface area contributed by atoms with Gasteiger partial charge in [0.05, 0.1) is 6.10 Å². The van der Waals surface area contributed by atoms with Gasteiger partial charge in [-0.2, -0.15) is 0 Å². The van der Waals surface area contributed by atoms with Gasteiger partial charge < -0.3 is 14.9 Å². The predicted molar refractivity (Wildman–Crippen MR) is 58.1 cm³/mol. The molecule has 2 N–H and O–H groups in total. The average molecular weight is 244 g/mol. The number of hydrogen-bond acceptors (Lipinski definition) is 5. The maximum atomic E-state index is 11.1. The second-order valence-corrected chi connectivity index (χ2v) is 3.72. The van der Waals surface area contributed by atoms with Gasteiger partial charge in [0.15, 0.2) is 6.10 Å². The topological polar surface area (TPSA) is 101 Å². The summed E-state index contributed by atoms with van der Waals surface area (Å²) in [5.74, 6) is -0.737. The molecule has 6 nitrogen and oxygen atoms in total. The summed E-state index contributed by atoms with van der Waals surface area (Å²) in [6.45, 7) is 2.83. The summed E-state index contributed by atoms with van der Waals surface area (Å²) >= 11 is 0. The van der Waals surface area contributed by atoms with Gasteiger partial charge >= 0.3 is 5.97 Å². The number of aliphatic hydroxyl groups is 1. The Hall–Kier alpha value is -1.49. The molecule has 0 aliphatic rings. The summed E-state index contributed by atoms with van der Waals surface area (Å²) in [5.41, 5.74) is 0.0876. The Morgan fingerprint density at radius 2 is 1.94 bits per heavy atom. The summed E-state index contributed by atoms with van der Waals surface area (Å²) in [5, 5.41) is 17.9. The van der Waals surface area contributed by atoms with E-state index in [1.54, 1.807) is 5.94 Å². The highest BCUT2D eigenvalue weighted by Gasteiger charge is 2.29. The number of aliphatic hydroxyl groups excluding tert-OH is 1. The van der Waals surface area contributed by atoms with Crippen LogP contribution in [0, 0.1) is 5.92 Å². The number of rotatable bonds is 7. The number of hydrogen-bond donors (Lipinski definition) is 2. The van der Waals surface area contributed by atoms with Crippen molar-refractivity contribution in [1.82, 2.24) is 0 Å². The first kappa shape index (κ1) is 15.5. The molecule has 0 aromatic heterocycles. The quantitative estimate of drug-likeness (QED) is 0.602. The van der Waals surface area contributed by atoms with Crippen LogP contribution in [0.1, 0.15) is 20.3 Å². The molecule has 3 unspecified atom stereocenters. The Labute approximate surface area is 98.9 Å². The smallest absolute Gasteiger partial charge is 0.335 e. The Kier molecular flexibility index (Phi) is 6.35. The monoisotopic (exact) mass is 244 g/mol. The van der Waals surface area contributed by atoms with E-state index in [0.717, 1.165) is 0 Å². The van der Waals surface area contributed by atoms with E-state index in [-0.39, 0.29) is 17.8 Å². The number of carboxylic acid groups (broad SMARTS) is 1. The standard InChI is InChI=1S/C11H16O6/c1-6(7(2)13)8(5-12)4-9(17-3)10(14)11(15)16/h6,9-10,14H,4H2,1-3H3,(H,15,16). The van der Waals surface area contributed by atoms with E-state index in [2.05, 4.69) is 0 Å². The molecule has 17 heavy (non-hydrogen) atoms. The molecule has 0 rings (SSSR count). The van der Waals surface area contributed by atoms with Crippen LogP contribution in [0.4, 0.5) is 0 Å². The Balaban J connectivity index is 4.82. The number of ether oxygens (including phenoxy) is 1. The Morgan fingerprint density at radius 3 is 2.24 bits per heavy atom. The van der Waals surface area contributed by atoms with Crippen LogP contribution in [0.25, 0.3) is 0 Å². The Morgan fingerprint density at radius 1 is 1.41 bits per heavy atom. The fourth-order valence-electron chi connectivity index (χ4n) is 1.25. The van der Waals surface area contributed by atoms with Gasteiger partial charge in [0.1, 0.15) is 11.7 Å². The van der Waals surface area contributed by atoms with E-state index in [9.17, 15) is 19.5 Å². The van der Waals surface area contributed by atoms with Crippen molar-refractivity contribution in [1.29, 1.82) is 0 Å². The first-order valence-electron chi connectivity index (χ1n) is 5.03. The largest absolute Gasteiger partial charge is 0.479 e. The highest BCUT2D eigenvalue weighted by atomic mass is 16.5. The summed E-state index contributed by atoms with van der Waals surface area (Å²) in [4.78, 5) is 32.4. The minimum absolute atomic E-state index is 0.0876. The zero-order chi connectivity index (χ0) is 13.6. The number of carbonyl (C=O) groups is 2. The van der Waals surface area contributed by atoms with E-state index in [1.807, 2.05) is 0 Å². The van der Waals surface area contributed by atoms with Crippen LogP contribution < -0.4 is 0 Å². The summed E-state index contributed by atoms with van der Waals surface area (Å²) in [7, 11) is 1.22. The molecule has 3 atom stereocenters. The lowest BCUT2D eigenvalue weighted by molar-refractivity contribution is -0.154. The van der Waals surface area contributed by atoms with Crippen LogP contribution >= 0.6 is 0 Å². The maximum Gasteiger partial charge on any atom is 0.335 e. The SMILES string of the molecule is COC(CC(=C=O)C(C)C(C)=O)C(O)C(=O)O. The third-order valence-corrected chi connectivity index (χ3v) is 2.59. The lowest BCUT2D eigenvalue weighted by Crippen LogP contribution is -2.36. The van der Waals surface area contributed by atoms with Crippen LogP contribution in [-0.4, -0.2) is 47.2 Å². The molecule has 0 aromatic carbocycles. The number of Topliss-reactive ketones (excluding diaryl/α,β-unsaturated/α-hetero) is 1. The van der Waals surface area contributed by atoms with Crippen molar-refractivity contribution in [2.75, 3.05) is 7.11 Å². The number of methoxy groups -OCH3 is 1. The third-order valence-electron chi connectivity index (χ3n) is 2.59. The van der Waals surface area contributed by atoms with Crippen molar-refractivity contribution in [2.24, 2.45) is 5.92 Å². The molecular formula is C11H16O6. The molecule has 0 aromatic rings. The molecule has 0 saturated carbocycles. The zero-order valence-corrected chi connectivity index (χ0v) is 9.97. The van der Waals surface area contributed by atoms with Crippen LogP contribution in [0.3, 0.4) is 0 Å². The molecule has 0 aliphatic carbocycles. The molecule has 0 aliphatic heterocycles. The van der Waals surface area contributed by atoms with Gasteiger partial charge in [-0.15, -0.1) is 0 Å². The van der Waals surface area contributed by atoms with E-state index in [4.69, 9.17) is 9.84 Å². The number of carboxylic acids is 1. The van der Waals surface area contributed by atoms with Crippen molar-refractivity contribution in [2.45, 2.75) is 32.5 Å². The van der Waals surface area contributed by atoms with E-state index < -0.39 is 24.1 Å². The molecule has 0 radical (unpaired) electrons. The summed E-state index contributed by atoms with van der Waals surface area (Å²) in [6.07, 6.45) is -2.97. The van der Waals surface area contributed by atoms with Crippen molar-refractivity contribution < 1.29 is 29.3 Å². The first-order valence-corrected chi connectivity index (χ1v) is 5.03. The van der Waals surface area contributed by atoms with Crippen LogP contribution in [0.2, 0.25) is 0 Å². The fraction of sp³-hybridized carbons (Fsp3) is 0.636. The van der Waals surface area contributed by atoms with Gasteiger partial charge in [0.2, 0.25) is 0 Å². The lowest BCUT2D eigenvalue weighted by atomic mass is 9.92. The summed E-state index contributed by atoms with van der Waals surface area (Å²) in [6, 6.07) is 0. The van der Waals surface area contributed by atoms with Gasteiger partial charge in [-0.05, 0) is 6.92 Å². The van der Waals surface area contributed by atoms with Crippen molar-refractivity contribution in [3.05, 3.63) is 5.57 Å². The van der Waals surface area contributed by atoms with E-state index in [0.29, 0.717) is 0 Å². The van der Waals surface area contributed by atoms with Gasteiger partial charge in [-0.1, -0.05) is 6.92 Å². The second-order valence-electron chi connectivity index (χ2n) is 3.72. The molecule has 0 amide bonds. The Bertz CT molecular complexity index is 342. The van der Waals surface area contributed by atoms with Gasteiger partial charge in [-0.25, -0.2) is 9.59 Å². The van der Waals surface area contributed by atoms with Gasteiger partial charge in [0, 0.05) is 25.0 Å². The van der Waals surface area contributed by atoms with Crippen molar-refractivity contribution in [3.63, 3.8) is 0 Å². The average Bonchev–Trinajstić information content (AvgIpc) is 2.28.